The predicted molar refractivity (Wildman–Crippen MR) is 78.6 cm³/mol. The zero-order valence-electron chi connectivity index (χ0n) is 10.4. The van der Waals surface area contributed by atoms with Crippen LogP contribution in [-0.2, 0) is 9.59 Å². The van der Waals surface area contributed by atoms with Gasteiger partial charge in [-0.1, -0.05) is 12.2 Å². The molecule has 1 aliphatic heterocycles. The Hall–Kier alpha value is -1.44. The summed E-state index contributed by atoms with van der Waals surface area (Å²) >= 11 is 2.05. The number of halogens is 1. The first-order chi connectivity index (χ1) is 9.65. The number of carbonyl (C=O) groups excluding carboxylic acids is 2. The molecule has 4 atom stereocenters. The molecule has 0 N–H and O–H groups in total. The molecule has 1 saturated carbocycles. The van der Waals surface area contributed by atoms with Crippen molar-refractivity contribution < 1.29 is 14.0 Å². The van der Waals surface area contributed by atoms with Crippen LogP contribution in [0, 0.1) is 27.4 Å². The lowest BCUT2D eigenvalue weighted by Crippen LogP contribution is -2.28. The molecule has 0 unspecified atom stereocenters. The van der Waals surface area contributed by atoms with E-state index >= 15 is 0 Å². The van der Waals surface area contributed by atoms with E-state index in [0.29, 0.717) is 5.76 Å². The molecule has 2 bridgehead atoms. The summed E-state index contributed by atoms with van der Waals surface area (Å²) in [6, 6.07) is 3.55. The summed E-state index contributed by atoms with van der Waals surface area (Å²) in [4.78, 5) is 24.7. The van der Waals surface area contributed by atoms with E-state index in [-0.39, 0.29) is 35.5 Å². The van der Waals surface area contributed by atoms with Gasteiger partial charge in [-0.05, 0) is 53.0 Å². The summed E-state index contributed by atoms with van der Waals surface area (Å²) in [7, 11) is 0. The average molecular weight is 382 g/mol. The lowest BCUT2D eigenvalue weighted by molar-refractivity contribution is -0.140. The minimum absolute atomic E-state index is 0.172. The van der Waals surface area contributed by atoms with Crippen molar-refractivity contribution in [3.63, 3.8) is 0 Å². The third-order valence-electron chi connectivity index (χ3n) is 4.34. The highest BCUT2D eigenvalue weighted by Gasteiger charge is 2.59. The Morgan fingerprint density at radius 3 is 2.40 bits per heavy atom. The molecule has 2 fully saturated rings. The topological polar surface area (TPSA) is 62.9 Å². The van der Waals surface area contributed by atoms with Gasteiger partial charge >= 0.3 is 0 Å². The zero-order chi connectivity index (χ0) is 13.9. The Morgan fingerprint density at radius 1 is 1.20 bits per heavy atom. The number of amides is 2. The summed E-state index contributed by atoms with van der Waals surface area (Å²) in [5.41, 5.74) is 0. The number of hydrazone groups is 1. The van der Waals surface area contributed by atoms with E-state index < -0.39 is 0 Å². The van der Waals surface area contributed by atoms with Gasteiger partial charge in [0.05, 0.1) is 18.1 Å². The fourth-order valence-corrected chi connectivity index (χ4v) is 3.95. The molecule has 1 aromatic rings. The first kappa shape index (κ1) is 12.3. The highest BCUT2D eigenvalue weighted by Crippen LogP contribution is 2.52. The first-order valence-electron chi connectivity index (χ1n) is 6.50. The predicted octanol–water partition coefficient (Wildman–Crippen LogP) is 2.03. The molecule has 0 spiro atoms. The van der Waals surface area contributed by atoms with Crippen LogP contribution in [0.15, 0.2) is 33.8 Å². The Labute approximate surface area is 128 Å². The van der Waals surface area contributed by atoms with E-state index in [9.17, 15) is 9.59 Å². The van der Waals surface area contributed by atoms with Gasteiger partial charge in [0, 0.05) is 0 Å². The molecular weight excluding hydrogens is 371 g/mol. The molecule has 2 aliphatic carbocycles. The van der Waals surface area contributed by atoms with Gasteiger partial charge in [0.25, 0.3) is 11.8 Å². The van der Waals surface area contributed by atoms with Crippen molar-refractivity contribution in [2.75, 3.05) is 0 Å². The Bertz CT molecular complexity index is 633. The molecular formula is C14H11IN2O3. The number of hydrogen-bond acceptors (Lipinski definition) is 4. The molecule has 20 heavy (non-hydrogen) atoms. The van der Waals surface area contributed by atoms with E-state index in [1.54, 1.807) is 12.1 Å². The number of imide groups is 1. The number of allylic oxidation sites excluding steroid dienone is 2. The van der Waals surface area contributed by atoms with E-state index in [4.69, 9.17) is 4.42 Å². The van der Waals surface area contributed by atoms with Crippen molar-refractivity contribution in [2.45, 2.75) is 6.42 Å². The molecule has 5 nitrogen and oxygen atoms in total. The number of nitrogens with zero attached hydrogens (tertiary/aromatic N) is 2. The van der Waals surface area contributed by atoms with E-state index in [0.717, 1.165) is 15.2 Å². The van der Waals surface area contributed by atoms with Crippen LogP contribution in [0.1, 0.15) is 12.2 Å². The van der Waals surface area contributed by atoms with Crippen molar-refractivity contribution in [3.05, 3.63) is 33.8 Å². The van der Waals surface area contributed by atoms with Crippen LogP contribution in [0.2, 0.25) is 0 Å². The van der Waals surface area contributed by atoms with Crippen molar-refractivity contribution in [2.24, 2.45) is 28.8 Å². The summed E-state index contributed by atoms with van der Waals surface area (Å²) in [6.45, 7) is 0. The minimum Gasteiger partial charge on any atom is -0.449 e. The largest absolute Gasteiger partial charge is 0.449 e. The third-order valence-corrected chi connectivity index (χ3v) is 4.92. The van der Waals surface area contributed by atoms with Crippen LogP contribution in [0.25, 0.3) is 0 Å². The number of carbonyl (C=O) groups is 2. The molecule has 6 heteroatoms. The third kappa shape index (κ3) is 1.63. The lowest BCUT2D eigenvalue weighted by Gasteiger charge is -2.13. The average Bonchev–Trinajstić information content (AvgIpc) is 3.15. The Morgan fingerprint density at radius 2 is 1.85 bits per heavy atom. The highest BCUT2D eigenvalue weighted by atomic mass is 127. The quantitative estimate of drug-likeness (QED) is 0.340. The fourth-order valence-electron chi connectivity index (χ4n) is 3.51. The second kappa shape index (κ2) is 4.28. The van der Waals surface area contributed by atoms with Crippen molar-refractivity contribution in [1.29, 1.82) is 0 Å². The maximum absolute atomic E-state index is 12.3. The van der Waals surface area contributed by atoms with Crippen LogP contribution >= 0.6 is 22.6 Å². The minimum atomic E-state index is -0.202. The molecule has 2 heterocycles. The number of rotatable bonds is 2. The summed E-state index contributed by atoms with van der Waals surface area (Å²) in [6.07, 6.45) is 6.49. The van der Waals surface area contributed by atoms with Gasteiger partial charge in [0.2, 0.25) is 0 Å². The van der Waals surface area contributed by atoms with Crippen molar-refractivity contribution >= 4 is 40.6 Å². The molecule has 2 amide bonds. The zero-order valence-corrected chi connectivity index (χ0v) is 12.6. The monoisotopic (exact) mass is 382 g/mol. The fraction of sp³-hybridized carbons (Fsp3) is 0.357. The van der Waals surface area contributed by atoms with Crippen LogP contribution in [0.5, 0.6) is 0 Å². The number of fused-ring (bicyclic) bond motifs is 5. The molecule has 1 aromatic heterocycles. The Kier molecular flexibility index (Phi) is 2.63. The standard InChI is InChI=1S/C14H11IN2O3/c15-10-4-3-9(20-10)6-16-17-13(18)11-7-1-2-8(5-7)12(11)14(17)19/h1-4,6-8,11-12H,5H2/b16-6-/t7-,8-,11-,12+/m1/s1. The molecule has 102 valence electrons. The highest BCUT2D eigenvalue weighted by molar-refractivity contribution is 14.1. The Balaban J connectivity index is 1.60. The molecule has 3 aliphatic rings. The van der Waals surface area contributed by atoms with Gasteiger partial charge in [0.15, 0.2) is 3.77 Å². The van der Waals surface area contributed by atoms with E-state index in [1.807, 2.05) is 22.6 Å². The van der Waals surface area contributed by atoms with Gasteiger partial charge in [-0.2, -0.15) is 10.1 Å². The summed E-state index contributed by atoms with van der Waals surface area (Å²) in [5.74, 6) is 0.215. The van der Waals surface area contributed by atoms with Gasteiger partial charge < -0.3 is 4.42 Å². The van der Waals surface area contributed by atoms with Gasteiger partial charge in [0.1, 0.15) is 5.76 Å². The summed E-state index contributed by atoms with van der Waals surface area (Å²) < 4.78 is 6.08. The molecule has 4 rings (SSSR count). The maximum Gasteiger partial charge on any atom is 0.254 e. The van der Waals surface area contributed by atoms with Crippen LogP contribution in [0.3, 0.4) is 0 Å². The lowest BCUT2D eigenvalue weighted by atomic mass is 9.85. The van der Waals surface area contributed by atoms with Gasteiger partial charge in [-0.15, -0.1) is 0 Å². The molecule has 0 radical (unpaired) electrons. The van der Waals surface area contributed by atoms with Crippen LogP contribution in [0.4, 0.5) is 0 Å². The summed E-state index contributed by atoms with van der Waals surface area (Å²) in [5, 5.41) is 5.06. The van der Waals surface area contributed by atoms with Gasteiger partial charge in [-0.3, -0.25) is 9.59 Å². The second-order valence-corrected chi connectivity index (χ2v) is 6.44. The smallest absolute Gasteiger partial charge is 0.254 e. The van der Waals surface area contributed by atoms with E-state index in [1.165, 1.54) is 6.21 Å². The van der Waals surface area contributed by atoms with Gasteiger partial charge in [-0.25, -0.2) is 0 Å². The van der Waals surface area contributed by atoms with Crippen LogP contribution < -0.4 is 0 Å². The number of furan rings is 1. The first-order valence-corrected chi connectivity index (χ1v) is 7.58. The SMILES string of the molecule is O=C1[C@@H]2[C@H](C(=O)N1/N=C\c1ccc(I)o1)[C@@H]1C=C[C@@H]2C1. The van der Waals surface area contributed by atoms with Crippen molar-refractivity contribution in [3.8, 4) is 0 Å². The molecule has 1 saturated heterocycles. The van der Waals surface area contributed by atoms with Crippen LogP contribution in [-0.4, -0.2) is 23.0 Å². The maximum atomic E-state index is 12.3. The molecule has 0 aromatic carbocycles. The number of hydrogen-bond donors (Lipinski definition) is 0. The van der Waals surface area contributed by atoms with E-state index in [2.05, 4.69) is 17.3 Å². The van der Waals surface area contributed by atoms with Crippen molar-refractivity contribution in [1.82, 2.24) is 5.01 Å². The second-order valence-electron chi connectivity index (χ2n) is 5.37. The normalized spacial score (nSPS) is 34.8.